The molecule has 0 heterocycles. The third-order valence-corrected chi connectivity index (χ3v) is 7.40. The zero-order valence-corrected chi connectivity index (χ0v) is 18.2. The Morgan fingerprint density at radius 1 is 1.06 bits per heavy atom. The highest BCUT2D eigenvalue weighted by Crippen LogP contribution is 2.33. The maximum absolute atomic E-state index is 13.4. The number of aryl methyl sites for hydroxylation is 1. The zero-order chi connectivity index (χ0) is 22.8. The number of anilines is 1. The van der Waals surface area contributed by atoms with E-state index in [1.807, 2.05) is 0 Å². The highest BCUT2D eigenvalue weighted by Gasteiger charge is 2.34. The molecule has 0 aromatic heterocycles. The van der Waals surface area contributed by atoms with E-state index < -0.39 is 34.2 Å². The highest BCUT2D eigenvalue weighted by molar-refractivity contribution is 7.92. The van der Waals surface area contributed by atoms with Crippen LogP contribution in [0.4, 0.5) is 18.9 Å². The Bertz CT molecular complexity index is 1030. The van der Waals surface area contributed by atoms with E-state index in [1.54, 1.807) is 26.1 Å². The fourth-order valence-electron chi connectivity index (χ4n) is 3.72. The molecule has 168 valence electrons. The number of sulfonamides is 1. The van der Waals surface area contributed by atoms with E-state index in [2.05, 4.69) is 0 Å². The maximum atomic E-state index is 13.4. The Labute approximate surface area is 180 Å². The van der Waals surface area contributed by atoms with Crippen LogP contribution in [0, 0.1) is 6.92 Å². The molecule has 31 heavy (non-hydrogen) atoms. The van der Waals surface area contributed by atoms with Gasteiger partial charge in [-0.25, -0.2) is 8.42 Å². The number of benzene rings is 2. The third-order valence-electron chi connectivity index (χ3n) is 5.62. The van der Waals surface area contributed by atoms with Gasteiger partial charge in [0.1, 0.15) is 6.54 Å². The van der Waals surface area contributed by atoms with E-state index in [0.29, 0.717) is 0 Å². The van der Waals surface area contributed by atoms with Gasteiger partial charge in [0.15, 0.2) is 0 Å². The van der Waals surface area contributed by atoms with Crippen molar-refractivity contribution in [3.05, 3.63) is 59.7 Å². The minimum absolute atomic E-state index is 0.0120. The molecule has 1 fully saturated rings. The Balaban J connectivity index is 2.01. The van der Waals surface area contributed by atoms with Crippen molar-refractivity contribution in [2.75, 3.05) is 17.9 Å². The molecule has 0 unspecified atom stereocenters. The number of carbonyl (C=O) groups excluding carboxylic acids is 1. The van der Waals surface area contributed by atoms with Crippen LogP contribution in [0.1, 0.15) is 36.8 Å². The molecule has 2 aromatic rings. The first-order chi connectivity index (χ1) is 14.5. The molecule has 1 amide bonds. The largest absolute Gasteiger partial charge is 0.416 e. The van der Waals surface area contributed by atoms with Crippen LogP contribution in [0.5, 0.6) is 0 Å². The van der Waals surface area contributed by atoms with Crippen molar-refractivity contribution in [2.45, 2.75) is 49.7 Å². The molecule has 5 nitrogen and oxygen atoms in total. The molecule has 0 saturated heterocycles. The van der Waals surface area contributed by atoms with Crippen LogP contribution in [-0.2, 0) is 21.0 Å². The molecular formula is C22H25F3N2O3S. The molecule has 1 saturated carbocycles. The molecule has 1 aliphatic carbocycles. The van der Waals surface area contributed by atoms with Crippen molar-refractivity contribution in [1.29, 1.82) is 0 Å². The van der Waals surface area contributed by atoms with Gasteiger partial charge in [-0.05, 0) is 50.1 Å². The van der Waals surface area contributed by atoms with Crippen molar-refractivity contribution in [1.82, 2.24) is 4.90 Å². The SMILES string of the molecule is Cc1ccc(S(=O)(=O)N(CC(=O)N(C)C2CCCC2)c2cccc(C(F)(F)F)c2)cc1. The lowest BCUT2D eigenvalue weighted by atomic mass is 10.2. The molecule has 3 rings (SSSR count). The lowest BCUT2D eigenvalue weighted by molar-refractivity contribution is -0.137. The Morgan fingerprint density at radius 3 is 2.26 bits per heavy atom. The average molecular weight is 455 g/mol. The normalized spacial score (nSPS) is 15.1. The van der Waals surface area contributed by atoms with E-state index in [9.17, 15) is 26.4 Å². The second kappa shape index (κ2) is 8.90. The summed E-state index contributed by atoms with van der Waals surface area (Å²) in [4.78, 5) is 14.3. The van der Waals surface area contributed by atoms with E-state index in [0.717, 1.165) is 53.8 Å². The van der Waals surface area contributed by atoms with Gasteiger partial charge >= 0.3 is 6.18 Å². The number of hydrogen-bond donors (Lipinski definition) is 0. The standard InChI is InChI=1S/C22H25F3N2O3S/c1-16-10-12-20(13-11-16)31(29,30)27(15-21(28)26(2)18-7-3-4-8-18)19-9-5-6-17(14-19)22(23,24)25/h5-6,9-14,18H,3-4,7-8,15H2,1-2H3. The van der Waals surface area contributed by atoms with E-state index in [1.165, 1.54) is 23.1 Å². The van der Waals surface area contributed by atoms with Crippen LogP contribution in [0.15, 0.2) is 53.4 Å². The summed E-state index contributed by atoms with van der Waals surface area (Å²) >= 11 is 0. The number of likely N-dealkylation sites (N-methyl/N-ethyl adjacent to an activating group) is 1. The minimum atomic E-state index is -4.64. The Hall–Kier alpha value is -2.55. The summed E-state index contributed by atoms with van der Waals surface area (Å²) in [5.41, 5.74) is -0.351. The first-order valence-corrected chi connectivity index (χ1v) is 11.5. The fourth-order valence-corrected chi connectivity index (χ4v) is 5.13. The van der Waals surface area contributed by atoms with E-state index in [-0.39, 0.29) is 16.6 Å². The van der Waals surface area contributed by atoms with Crippen molar-refractivity contribution in [3.8, 4) is 0 Å². The fraction of sp³-hybridized carbons (Fsp3) is 0.409. The number of alkyl halides is 3. The van der Waals surface area contributed by atoms with Crippen molar-refractivity contribution >= 4 is 21.6 Å². The zero-order valence-electron chi connectivity index (χ0n) is 17.4. The van der Waals surface area contributed by atoms with Crippen LogP contribution >= 0.6 is 0 Å². The van der Waals surface area contributed by atoms with Crippen molar-refractivity contribution in [3.63, 3.8) is 0 Å². The molecular weight excluding hydrogens is 429 g/mol. The van der Waals surface area contributed by atoms with Crippen molar-refractivity contribution in [2.24, 2.45) is 0 Å². The quantitative estimate of drug-likeness (QED) is 0.641. The van der Waals surface area contributed by atoms with Gasteiger partial charge in [-0.1, -0.05) is 36.6 Å². The van der Waals surface area contributed by atoms with Gasteiger partial charge in [0.05, 0.1) is 16.1 Å². The maximum Gasteiger partial charge on any atom is 0.416 e. The second-order valence-corrected chi connectivity index (χ2v) is 9.68. The monoisotopic (exact) mass is 454 g/mol. The molecule has 0 spiro atoms. The molecule has 0 radical (unpaired) electrons. The Kier molecular flexibility index (Phi) is 6.64. The first-order valence-electron chi connectivity index (χ1n) is 10.0. The first kappa shape index (κ1) is 23.1. The summed E-state index contributed by atoms with van der Waals surface area (Å²) in [6, 6.07) is 10.0. The predicted octanol–water partition coefficient (Wildman–Crippen LogP) is 4.61. The molecule has 1 aliphatic rings. The van der Waals surface area contributed by atoms with Crippen LogP contribution in [-0.4, -0.2) is 38.9 Å². The molecule has 0 bridgehead atoms. The summed E-state index contributed by atoms with van der Waals surface area (Å²) in [5.74, 6) is -0.458. The summed E-state index contributed by atoms with van der Waals surface area (Å²) in [6.45, 7) is 1.21. The number of nitrogens with zero attached hydrogens (tertiary/aromatic N) is 2. The number of hydrogen-bond acceptors (Lipinski definition) is 3. The van der Waals surface area contributed by atoms with Gasteiger partial charge in [-0.15, -0.1) is 0 Å². The van der Waals surface area contributed by atoms with Gasteiger partial charge in [0.25, 0.3) is 10.0 Å². The summed E-state index contributed by atoms with van der Waals surface area (Å²) in [7, 11) is -2.65. The molecule has 9 heteroatoms. The predicted molar refractivity (Wildman–Crippen MR) is 112 cm³/mol. The topological polar surface area (TPSA) is 57.7 Å². The summed E-state index contributed by atoms with van der Waals surface area (Å²) in [6.07, 6.45) is -1.00. The van der Waals surface area contributed by atoms with Crippen LogP contribution < -0.4 is 4.31 Å². The number of amides is 1. The Morgan fingerprint density at radius 2 is 1.68 bits per heavy atom. The molecule has 0 atom stereocenters. The average Bonchev–Trinajstić information content (AvgIpc) is 3.25. The smallest absolute Gasteiger partial charge is 0.341 e. The number of rotatable bonds is 6. The van der Waals surface area contributed by atoms with Crippen LogP contribution in [0.3, 0.4) is 0 Å². The van der Waals surface area contributed by atoms with Gasteiger partial charge < -0.3 is 4.90 Å². The third kappa shape index (κ3) is 5.20. The summed E-state index contributed by atoms with van der Waals surface area (Å²) < 4.78 is 67.2. The number of carbonyl (C=O) groups is 1. The van der Waals surface area contributed by atoms with Gasteiger partial charge in [-0.3, -0.25) is 9.10 Å². The van der Waals surface area contributed by atoms with Gasteiger partial charge in [0.2, 0.25) is 5.91 Å². The second-order valence-electron chi connectivity index (χ2n) is 7.82. The minimum Gasteiger partial charge on any atom is -0.341 e. The van der Waals surface area contributed by atoms with Crippen molar-refractivity contribution < 1.29 is 26.4 Å². The lowest BCUT2D eigenvalue weighted by Gasteiger charge is -2.29. The lowest BCUT2D eigenvalue weighted by Crippen LogP contribution is -2.44. The van der Waals surface area contributed by atoms with Gasteiger partial charge in [-0.2, -0.15) is 13.2 Å². The molecule has 0 aliphatic heterocycles. The number of halogens is 3. The molecule has 0 N–H and O–H groups in total. The van der Waals surface area contributed by atoms with E-state index in [4.69, 9.17) is 0 Å². The highest BCUT2D eigenvalue weighted by atomic mass is 32.2. The van der Waals surface area contributed by atoms with Gasteiger partial charge in [0, 0.05) is 13.1 Å². The van der Waals surface area contributed by atoms with Crippen LogP contribution in [0.25, 0.3) is 0 Å². The van der Waals surface area contributed by atoms with Crippen LogP contribution in [0.2, 0.25) is 0 Å². The molecule has 2 aromatic carbocycles. The van der Waals surface area contributed by atoms with E-state index >= 15 is 0 Å². The summed E-state index contributed by atoms with van der Waals surface area (Å²) in [5, 5.41) is 0.